The predicted octanol–water partition coefficient (Wildman–Crippen LogP) is 5.40. The van der Waals surface area contributed by atoms with E-state index in [9.17, 15) is 4.79 Å². The van der Waals surface area contributed by atoms with Crippen molar-refractivity contribution in [2.75, 3.05) is 11.1 Å². The summed E-state index contributed by atoms with van der Waals surface area (Å²) in [6, 6.07) is 13.9. The van der Waals surface area contributed by atoms with E-state index >= 15 is 0 Å². The van der Waals surface area contributed by atoms with Crippen LogP contribution >= 0.6 is 23.1 Å². The molecule has 166 valence electrons. The van der Waals surface area contributed by atoms with E-state index in [-0.39, 0.29) is 17.8 Å². The van der Waals surface area contributed by atoms with E-state index in [1.807, 2.05) is 61.7 Å². The number of ether oxygens (including phenoxy) is 1. The first-order valence-corrected chi connectivity index (χ1v) is 12.2. The minimum Gasteiger partial charge on any atom is -0.482 e. The highest BCUT2D eigenvalue weighted by Gasteiger charge is 2.20. The van der Waals surface area contributed by atoms with E-state index in [1.165, 1.54) is 28.7 Å². The molecule has 2 aromatic carbocycles. The van der Waals surface area contributed by atoms with Crippen molar-refractivity contribution in [2.45, 2.75) is 45.5 Å². The van der Waals surface area contributed by atoms with Gasteiger partial charge in [0.2, 0.25) is 5.91 Å². The molecule has 9 heteroatoms. The Morgan fingerprint density at radius 3 is 2.78 bits per heavy atom. The summed E-state index contributed by atoms with van der Waals surface area (Å²) in [4.78, 5) is 16.9. The molecule has 0 aliphatic carbocycles. The monoisotopic (exact) mass is 467 g/mol. The lowest BCUT2D eigenvalue weighted by Crippen LogP contribution is -2.15. The molecule has 0 fully saturated rings. The molecule has 4 aromatic rings. The molecule has 32 heavy (non-hydrogen) atoms. The SMILES string of the molecule is CCn1c(SCC(=O)Nc2nc3ccccc3s2)nnc1C(C)Oc1ccc(C)cc1C. The first-order valence-electron chi connectivity index (χ1n) is 10.4. The molecule has 0 aliphatic heterocycles. The van der Waals surface area contributed by atoms with Crippen LogP contribution < -0.4 is 10.1 Å². The van der Waals surface area contributed by atoms with Crippen LogP contribution in [0.3, 0.4) is 0 Å². The van der Waals surface area contributed by atoms with Crippen molar-refractivity contribution in [3.8, 4) is 5.75 Å². The standard InChI is InChI=1S/C23H25N5O2S2/c1-5-28-21(16(4)30-18-11-10-14(2)12-15(18)3)26-27-23(28)31-13-20(29)25-22-24-17-8-6-7-9-19(17)32-22/h6-12,16H,5,13H2,1-4H3,(H,24,25,29). The lowest BCUT2D eigenvalue weighted by Gasteiger charge is -2.17. The van der Waals surface area contributed by atoms with Crippen LogP contribution in [0.25, 0.3) is 10.2 Å². The number of rotatable bonds is 8. The van der Waals surface area contributed by atoms with Crippen molar-refractivity contribution in [3.63, 3.8) is 0 Å². The van der Waals surface area contributed by atoms with Gasteiger partial charge < -0.3 is 14.6 Å². The third-order valence-corrected chi connectivity index (χ3v) is 6.85. The maximum Gasteiger partial charge on any atom is 0.236 e. The molecule has 1 amide bonds. The van der Waals surface area contributed by atoms with E-state index in [1.54, 1.807) is 0 Å². The van der Waals surface area contributed by atoms with Crippen LogP contribution in [0.2, 0.25) is 0 Å². The smallest absolute Gasteiger partial charge is 0.236 e. The molecular weight excluding hydrogens is 442 g/mol. The summed E-state index contributed by atoms with van der Waals surface area (Å²) in [5.41, 5.74) is 3.16. The third-order valence-electron chi connectivity index (χ3n) is 4.93. The Labute approximate surface area is 195 Å². The van der Waals surface area contributed by atoms with E-state index in [0.29, 0.717) is 16.8 Å². The third kappa shape index (κ3) is 4.94. The molecule has 0 saturated carbocycles. The largest absolute Gasteiger partial charge is 0.482 e. The van der Waals surface area contributed by atoms with Gasteiger partial charge in [-0.05, 0) is 51.5 Å². The van der Waals surface area contributed by atoms with E-state index in [2.05, 4.69) is 33.5 Å². The first kappa shape index (κ1) is 22.3. The minimum atomic E-state index is -0.269. The number of aryl methyl sites for hydroxylation is 2. The van der Waals surface area contributed by atoms with Gasteiger partial charge >= 0.3 is 0 Å². The van der Waals surface area contributed by atoms with Crippen molar-refractivity contribution in [2.24, 2.45) is 0 Å². The normalized spacial score (nSPS) is 12.1. The number of carbonyl (C=O) groups is 1. The number of thioether (sulfide) groups is 1. The Bertz CT molecular complexity index is 1220. The highest BCUT2D eigenvalue weighted by atomic mass is 32.2. The number of hydrogen-bond acceptors (Lipinski definition) is 7. The topological polar surface area (TPSA) is 81.9 Å². The lowest BCUT2D eigenvalue weighted by molar-refractivity contribution is -0.113. The summed E-state index contributed by atoms with van der Waals surface area (Å²) in [5.74, 6) is 1.67. The molecule has 1 atom stereocenters. The van der Waals surface area contributed by atoms with E-state index in [4.69, 9.17) is 4.74 Å². The van der Waals surface area contributed by atoms with Crippen LogP contribution in [-0.4, -0.2) is 31.4 Å². The van der Waals surface area contributed by atoms with Gasteiger partial charge in [-0.25, -0.2) is 4.98 Å². The zero-order valence-corrected chi connectivity index (χ0v) is 20.1. The number of hydrogen-bond donors (Lipinski definition) is 1. The number of thiazole rings is 1. The number of nitrogens with zero attached hydrogens (tertiary/aromatic N) is 4. The summed E-state index contributed by atoms with van der Waals surface area (Å²) in [6.07, 6.45) is -0.269. The molecule has 0 bridgehead atoms. The number of nitrogens with one attached hydrogen (secondary N) is 1. The second-order valence-electron chi connectivity index (χ2n) is 7.44. The number of benzene rings is 2. The van der Waals surface area contributed by atoms with Crippen molar-refractivity contribution in [3.05, 3.63) is 59.4 Å². The molecule has 0 radical (unpaired) electrons. The predicted molar refractivity (Wildman–Crippen MR) is 130 cm³/mol. The summed E-state index contributed by atoms with van der Waals surface area (Å²) in [6.45, 7) is 8.77. The van der Waals surface area contributed by atoms with Crippen LogP contribution in [0.1, 0.15) is 36.9 Å². The number of fused-ring (bicyclic) bond motifs is 1. The van der Waals surface area contributed by atoms with Crippen molar-refractivity contribution >= 4 is 44.4 Å². The van der Waals surface area contributed by atoms with Gasteiger partial charge in [-0.15, -0.1) is 10.2 Å². The Hall–Kier alpha value is -2.91. The van der Waals surface area contributed by atoms with E-state index in [0.717, 1.165) is 27.4 Å². The summed E-state index contributed by atoms with van der Waals surface area (Å²) in [7, 11) is 0. The van der Waals surface area contributed by atoms with Crippen molar-refractivity contribution < 1.29 is 9.53 Å². The average Bonchev–Trinajstić information content (AvgIpc) is 3.37. The molecule has 4 rings (SSSR count). The molecule has 0 saturated heterocycles. The van der Waals surface area contributed by atoms with Crippen LogP contribution in [0.15, 0.2) is 47.6 Å². The Morgan fingerprint density at radius 2 is 2.03 bits per heavy atom. The van der Waals surface area contributed by atoms with Gasteiger partial charge in [0.05, 0.1) is 16.0 Å². The van der Waals surface area contributed by atoms with Gasteiger partial charge in [0.1, 0.15) is 5.75 Å². The average molecular weight is 468 g/mol. The number of aromatic nitrogens is 4. The first-order chi connectivity index (χ1) is 15.4. The second-order valence-corrected chi connectivity index (χ2v) is 9.41. The van der Waals surface area contributed by atoms with Crippen LogP contribution in [-0.2, 0) is 11.3 Å². The maximum atomic E-state index is 12.5. The molecule has 7 nitrogen and oxygen atoms in total. The fourth-order valence-electron chi connectivity index (χ4n) is 3.39. The Balaban J connectivity index is 1.40. The fourth-order valence-corrected chi connectivity index (χ4v) is 5.08. The number of amides is 1. The molecule has 1 N–H and O–H groups in total. The molecule has 0 spiro atoms. The second kappa shape index (κ2) is 9.70. The highest BCUT2D eigenvalue weighted by molar-refractivity contribution is 7.99. The van der Waals surface area contributed by atoms with Gasteiger partial charge in [0, 0.05) is 6.54 Å². The van der Waals surface area contributed by atoms with Crippen LogP contribution in [0.5, 0.6) is 5.75 Å². The van der Waals surface area contributed by atoms with Gasteiger partial charge in [0.15, 0.2) is 22.2 Å². The van der Waals surface area contributed by atoms with Crippen LogP contribution in [0, 0.1) is 13.8 Å². The maximum absolute atomic E-state index is 12.5. The zero-order chi connectivity index (χ0) is 22.7. The van der Waals surface area contributed by atoms with Crippen LogP contribution in [0.4, 0.5) is 5.13 Å². The molecule has 1 unspecified atom stereocenters. The molecular formula is C23H25N5O2S2. The van der Waals surface area contributed by atoms with Gasteiger partial charge in [0.25, 0.3) is 0 Å². The number of carbonyl (C=O) groups excluding carboxylic acids is 1. The molecule has 2 heterocycles. The van der Waals surface area contributed by atoms with E-state index < -0.39 is 0 Å². The number of para-hydroxylation sites is 1. The van der Waals surface area contributed by atoms with Crippen molar-refractivity contribution in [1.82, 2.24) is 19.7 Å². The fraction of sp³-hybridized carbons (Fsp3) is 0.304. The Kier molecular flexibility index (Phi) is 6.76. The Morgan fingerprint density at radius 1 is 1.22 bits per heavy atom. The van der Waals surface area contributed by atoms with Gasteiger partial charge in [-0.2, -0.15) is 0 Å². The van der Waals surface area contributed by atoms with Gasteiger partial charge in [-0.1, -0.05) is 52.9 Å². The summed E-state index contributed by atoms with van der Waals surface area (Å²) >= 11 is 2.82. The summed E-state index contributed by atoms with van der Waals surface area (Å²) < 4.78 is 9.19. The zero-order valence-electron chi connectivity index (χ0n) is 18.5. The number of anilines is 1. The van der Waals surface area contributed by atoms with Gasteiger partial charge in [-0.3, -0.25) is 4.79 Å². The highest BCUT2D eigenvalue weighted by Crippen LogP contribution is 2.28. The molecule has 0 aliphatic rings. The molecule has 2 aromatic heterocycles. The van der Waals surface area contributed by atoms with Crippen molar-refractivity contribution in [1.29, 1.82) is 0 Å². The minimum absolute atomic E-state index is 0.124. The quantitative estimate of drug-likeness (QED) is 0.350. The summed E-state index contributed by atoms with van der Waals surface area (Å²) in [5, 5.41) is 12.8. The lowest BCUT2D eigenvalue weighted by atomic mass is 10.1.